The standard InChI is InChI=1S/4C6H18NSi2.2Co/c4*1-8(2,3)7-9(4,5)6;;/h4*1-6H3;;/q4*-1;2*+2. The fourth-order valence-corrected chi connectivity index (χ4v) is 36.2. The zero-order valence-electron chi connectivity index (χ0n) is 30.5. The van der Waals surface area contributed by atoms with Gasteiger partial charge in [0, 0.05) is 0 Å². The van der Waals surface area contributed by atoms with Crippen LogP contribution in [0, 0.1) is 0 Å². The molecule has 0 fully saturated rings. The Hall–Kier alpha value is 2.59. The molecule has 38 heavy (non-hydrogen) atoms. The van der Waals surface area contributed by atoms with E-state index in [2.05, 4.69) is 157 Å². The van der Waals surface area contributed by atoms with E-state index in [9.17, 15) is 0 Å². The average Bonchev–Trinajstić information content (AvgIpc) is 2.19. The molecule has 0 heterocycles. The van der Waals surface area contributed by atoms with Crippen molar-refractivity contribution in [1.29, 1.82) is 0 Å². The van der Waals surface area contributed by atoms with E-state index < -0.39 is 65.9 Å². The molecule has 14 heteroatoms. The SMILES string of the molecule is C[Si](C)(C)[N-][Si](C)(C)C.C[Si](C)(C)[N-][Si](C)(C)C.C[Si](C)(C)[N-][Si](C)(C)C.C[Si](C)(C)[N-][Si](C)(C)C.[Co+2].[Co+2]. The molecule has 0 saturated carbocycles. The summed E-state index contributed by atoms with van der Waals surface area (Å²) < 4.78 is 19.3. The number of hydrogen-bond donors (Lipinski definition) is 0. The van der Waals surface area contributed by atoms with Crippen molar-refractivity contribution in [2.45, 2.75) is 157 Å². The van der Waals surface area contributed by atoms with E-state index in [1.165, 1.54) is 0 Å². The molecule has 0 aromatic heterocycles. The third kappa shape index (κ3) is 77.1. The van der Waals surface area contributed by atoms with E-state index in [-0.39, 0.29) is 33.6 Å². The first-order chi connectivity index (χ1) is 14.8. The van der Waals surface area contributed by atoms with Gasteiger partial charge < -0.3 is 18.6 Å². The molecule has 0 aromatic rings. The van der Waals surface area contributed by atoms with Crippen LogP contribution in [0.2, 0.25) is 157 Å². The van der Waals surface area contributed by atoms with Gasteiger partial charge in [-0.3, -0.25) is 0 Å². The number of rotatable bonds is 8. The smallest absolute Gasteiger partial charge is 0.668 e. The molecular weight excluding hydrogens is 687 g/mol. The topological polar surface area (TPSA) is 56.4 Å². The molecule has 0 amide bonds. The molecule has 0 unspecified atom stereocenters. The van der Waals surface area contributed by atoms with Crippen molar-refractivity contribution < 1.29 is 33.6 Å². The van der Waals surface area contributed by atoms with Crippen molar-refractivity contribution in [3.8, 4) is 0 Å². The maximum absolute atomic E-state index is 4.82. The fraction of sp³-hybridized carbons (Fsp3) is 1.00. The third-order valence-corrected chi connectivity index (χ3v) is 24.1. The Bertz CT molecular complexity index is 420. The van der Waals surface area contributed by atoms with Gasteiger partial charge >= 0.3 is 33.6 Å². The fourth-order valence-electron chi connectivity index (χ4n) is 4.02. The summed E-state index contributed by atoms with van der Waals surface area (Å²) in [6, 6.07) is 0. The number of hydrogen-bond acceptors (Lipinski definition) is 0. The van der Waals surface area contributed by atoms with Crippen LogP contribution in [-0.4, -0.2) is 65.9 Å². The van der Waals surface area contributed by atoms with E-state index >= 15 is 0 Å². The second-order valence-corrected chi connectivity index (χ2v) is 56.1. The molecular formula is C24H72Co2N4Si8. The van der Waals surface area contributed by atoms with Gasteiger partial charge in [-0.1, -0.05) is 223 Å². The van der Waals surface area contributed by atoms with Crippen molar-refractivity contribution >= 4 is 65.9 Å². The molecule has 4 nitrogen and oxygen atoms in total. The van der Waals surface area contributed by atoms with Crippen LogP contribution in [-0.2, 0) is 33.6 Å². The Labute approximate surface area is 273 Å². The van der Waals surface area contributed by atoms with Crippen LogP contribution in [0.1, 0.15) is 0 Å². The van der Waals surface area contributed by atoms with Gasteiger partial charge in [-0.15, -0.1) is 0 Å². The first kappa shape index (κ1) is 53.2. The van der Waals surface area contributed by atoms with Gasteiger partial charge in [-0.25, -0.2) is 0 Å². The minimum absolute atomic E-state index is 0. The Morgan fingerprint density at radius 3 is 0.237 bits per heavy atom. The summed E-state index contributed by atoms with van der Waals surface area (Å²) in [6.07, 6.45) is 0. The number of nitrogens with zero attached hydrogens (tertiary/aromatic N) is 4. The van der Waals surface area contributed by atoms with Crippen molar-refractivity contribution in [3.63, 3.8) is 0 Å². The van der Waals surface area contributed by atoms with E-state index in [0.29, 0.717) is 0 Å². The first-order valence-corrected chi connectivity index (χ1v) is 41.4. The van der Waals surface area contributed by atoms with Gasteiger partial charge in [0.1, 0.15) is 0 Å². The van der Waals surface area contributed by atoms with Crippen molar-refractivity contribution in [3.05, 3.63) is 18.6 Å². The molecule has 0 aliphatic heterocycles. The van der Waals surface area contributed by atoms with E-state index in [1.54, 1.807) is 0 Å². The molecule has 0 N–H and O–H groups in total. The summed E-state index contributed by atoms with van der Waals surface area (Å²) in [5.41, 5.74) is 0. The van der Waals surface area contributed by atoms with Crippen LogP contribution >= 0.6 is 0 Å². The largest absolute Gasteiger partial charge is 2.00 e. The summed E-state index contributed by atoms with van der Waals surface area (Å²) in [5, 5.41) is 0. The molecule has 0 aliphatic rings. The molecule has 0 bridgehead atoms. The summed E-state index contributed by atoms with van der Waals surface area (Å²) in [7, 11) is -8.85. The van der Waals surface area contributed by atoms with E-state index in [1.807, 2.05) is 0 Å². The zero-order valence-corrected chi connectivity index (χ0v) is 40.5. The minimum Gasteiger partial charge on any atom is -0.668 e. The molecule has 0 rings (SSSR count). The maximum atomic E-state index is 4.82. The molecule has 0 aliphatic carbocycles. The van der Waals surface area contributed by atoms with E-state index in [4.69, 9.17) is 18.6 Å². The average molecular weight is 759 g/mol. The molecule has 0 saturated heterocycles. The minimum atomic E-state index is -1.11. The van der Waals surface area contributed by atoms with Crippen molar-refractivity contribution in [2.24, 2.45) is 0 Å². The zero-order chi connectivity index (χ0) is 30.8. The van der Waals surface area contributed by atoms with Crippen LogP contribution < -0.4 is 0 Å². The van der Waals surface area contributed by atoms with Crippen LogP contribution in [0.15, 0.2) is 0 Å². The molecule has 0 spiro atoms. The van der Waals surface area contributed by atoms with Crippen LogP contribution in [0.3, 0.4) is 0 Å². The molecule has 238 valence electrons. The van der Waals surface area contributed by atoms with E-state index in [0.717, 1.165) is 0 Å². The van der Waals surface area contributed by atoms with Crippen molar-refractivity contribution in [1.82, 2.24) is 0 Å². The maximum Gasteiger partial charge on any atom is 2.00 e. The van der Waals surface area contributed by atoms with Crippen LogP contribution in [0.4, 0.5) is 0 Å². The predicted octanol–water partition coefficient (Wildman–Crippen LogP) is 12.1. The first-order valence-electron chi connectivity index (χ1n) is 13.8. The normalized spacial score (nSPS) is 13.3. The Balaban J connectivity index is -0.0000000883. The molecule has 0 atom stereocenters. The quantitative estimate of drug-likeness (QED) is 0.221. The summed E-state index contributed by atoms with van der Waals surface area (Å²) in [4.78, 5) is 0. The third-order valence-electron chi connectivity index (χ3n) is 2.68. The summed E-state index contributed by atoms with van der Waals surface area (Å²) in [5.74, 6) is 0. The van der Waals surface area contributed by atoms with Crippen molar-refractivity contribution in [2.75, 3.05) is 0 Å². The molecule has 0 aromatic carbocycles. The predicted molar refractivity (Wildman–Crippen MR) is 200 cm³/mol. The van der Waals surface area contributed by atoms with Gasteiger partial charge in [0.05, 0.1) is 0 Å². The van der Waals surface area contributed by atoms with Crippen LogP contribution in [0.5, 0.6) is 0 Å². The van der Waals surface area contributed by atoms with Gasteiger partial charge in [0.25, 0.3) is 0 Å². The Morgan fingerprint density at radius 1 is 0.184 bits per heavy atom. The summed E-state index contributed by atoms with van der Waals surface area (Å²) in [6.45, 7) is 55.1. The van der Waals surface area contributed by atoms with Gasteiger partial charge in [0.2, 0.25) is 0 Å². The Morgan fingerprint density at radius 2 is 0.237 bits per heavy atom. The van der Waals surface area contributed by atoms with Crippen LogP contribution in [0.25, 0.3) is 18.6 Å². The Kier molecular flexibility index (Phi) is 27.7. The van der Waals surface area contributed by atoms with Gasteiger partial charge in [-0.05, 0) is 0 Å². The second kappa shape index (κ2) is 19.8. The monoisotopic (exact) mass is 758 g/mol. The summed E-state index contributed by atoms with van der Waals surface area (Å²) >= 11 is 0. The molecule has 2 radical (unpaired) electrons. The van der Waals surface area contributed by atoms with Gasteiger partial charge in [0.15, 0.2) is 0 Å². The van der Waals surface area contributed by atoms with Gasteiger partial charge in [-0.2, -0.15) is 0 Å². The second-order valence-electron chi connectivity index (χ2n) is 17.8.